The number of benzene rings is 2. The molecule has 27 heavy (non-hydrogen) atoms. The summed E-state index contributed by atoms with van der Waals surface area (Å²) in [6, 6.07) is 13.4. The molecule has 0 unspecified atom stereocenters. The molecule has 0 aromatic heterocycles. The van der Waals surface area contributed by atoms with Crippen molar-refractivity contribution in [2.75, 3.05) is 11.9 Å². The maximum Gasteiger partial charge on any atom is 0.265 e. The molecule has 1 amide bonds. The van der Waals surface area contributed by atoms with E-state index in [0.29, 0.717) is 0 Å². The number of anilines is 1. The molecule has 0 aliphatic carbocycles. The fraction of sp³-hybridized carbons (Fsp3) is 0.435. The third-order valence-electron chi connectivity index (χ3n) is 4.41. The van der Waals surface area contributed by atoms with E-state index in [1.54, 1.807) is 6.92 Å². The summed E-state index contributed by atoms with van der Waals surface area (Å²) < 4.78 is 11.6. The van der Waals surface area contributed by atoms with Gasteiger partial charge < -0.3 is 14.8 Å². The van der Waals surface area contributed by atoms with Gasteiger partial charge in [-0.3, -0.25) is 4.79 Å². The normalized spacial score (nSPS) is 11.7. The molecule has 4 heteroatoms. The molecule has 0 saturated heterocycles. The van der Waals surface area contributed by atoms with Crippen molar-refractivity contribution in [3.63, 3.8) is 0 Å². The van der Waals surface area contributed by atoms with E-state index in [4.69, 9.17) is 9.47 Å². The number of hydrogen-bond donors (Lipinski definition) is 1. The maximum absolute atomic E-state index is 12.4. The van der Waals surface area contributed by atoms with Crippen LogP contribution >= 0.6 is 0 Å². The van der Waals surface area contributed by atoms with Crippen LogP contribution in [0.25, 0.3) is 0 Å². The van der Waals surface area contributed by atoms with E-state index >= 15 is 0 Å². The minimum Gasteiger partial charge on any atom is -0.494 e. The molecule has 0 aliphatic heterocycles. The van der Waals surface area contributed by atoms with Crippen molar-refractivity contribution in [3.8, 4) is 11.5 Å². The van der Waals surface area contributed by atoms with Crippen LogP contribution in [0.3, 0.4) is 0 Å². The molecule has 0 bridgehead atoms. The van der Waals surface area contributed by atoms with Crippen molar-refractivity contribution in [2.45, 2.75) is 59.5 Å². The number of aryl methyl sites for hydroxylation is 2. The van der Waals surface area contributed by atoms with Crippen LogP contribution in [0.4, 0.5) is 5.69 Å². The Morgan fingerprint density at radius 3 is 2.48 bits per heavy atom. The second-order valence-corrected chi connectivity index (χ2v) is 6.95. The first-order chi connectivity index (χ1) is 13.0. The SMILES string of the molecule is CCCCCCOc1ccc(NC(=O)[C@H](C)Oc2cc(C)ccc2C)cc1. The number of rotatable bonds is 10. The average molecular weight is 370 g/mol. The highest BCUT2D eigenvalue weighted by Crippen LogP contribution is 2.21. The highest BCUT2D eigenvalue weighted by molar-refractivity contribution is 5.94. The molecule has 0 aliphatic rings. The first kappa shape index (κ1) is 20.8. The first-order valence-electron chi connectivity index (χ1n) is 9.77. The Hall–Kier alpha value is -2.49. The van der Waals surface area contributed by atoms with Crippen molar-refractivity contribution in [1.82, 2.24) is 0 Å². The molecule has 4 nitrogen and oxygen atoms in total. The molecule has 0 heterocycles. The number of nitrogens with one attached hydrogen (secondary N) is 1. The maximum atomic E-state index is 12.4. The average Bonchev–Trinajstić information content (AvgIpc) is 2.65. The highest BCUT2D eigenvalue weighted by atomic mass is 16.5. The van der Waals surface area contributed by atoms with Gasteiger partial charge in [-0.05, 0) is 68.7 Å². The third-order valence-corrected chi connectivity index (χ3v) is 4.41. The Kier molecular flexibility index (Phi) is 8.18. The van der Waals surface area contributed by atoms with Gasteiger partial charge in [0.1, 0.15) is 11.5 Å². The van der Waals surface area contributed by atoms with E-state index in [1.165, 1.54) is 19.3 Å². The summed E-state index contributed by atoms with van der Waals surface area (Å²) in [6.45, 7) is 8.66. The van der Waals surface area contributed by atoms with Crippen molar-refractivity contribution in [3.05, 3.63) is 53.6 Å². The molecule has 0 spiro atoms. The van der Waals surface area contributed by atoms with E-state index < -0.39 is 6.10 Å². The summed E-state index contributed by atoms with van der Waals surface area (Å²) in [7, 11) is 0. The van der Waals surface area contributed by atoms with Gasteiger partial charge in [-0.2, -0.15) is 0 Å². The lowest BCUT2D eigenvalue weighted by Crippen LogP contribution is -2.30. The number of unbranched alkanes of at least 4 members (excludes halogenated alkanes) is 3. The third kappa shape index (κ3) is 6.97. The molecule has 0 radical (unpaired) electrons. The Labute approximate surface area is 162 Å². The lowest BCUT2D eigenvalue weighted by molar-refractivity contribution is -0.122. The zero-order valence-electron chi connectivity index (χ0n) is 16.9. The summed E-state index contributed by atoms with van der Waals surface area (Å²) in [5, 5.41) is 2.89. The van der Waals surface area contributed by atoms with Crippen molar-refractivity contribution in [2.24, 2.45) is 0 Å². The van der Waals surface area contributed by atoms with Gasteiger partial charge in [0.15, 0.2) is 6.10 Å². The van der Waals surface area contributed by atoms with Gasteiger partial charge in [-0.15, -0.1) is 0 Å². The molecular weight excluding hydrogens is 338 g/mol. The smallest absolute Gasteiger partial charge is 0.265 e. The summed E-state index contributed by atoms with van der Waals surface area (Å²) >= 11 is 0. The van der Waals surface area contributed by atoms with Crippen molar-refractivity contribution < 1.29 is 14.3 Å². The van der Waals surface area contributed by atoms with Crippen LogP contribution < -0.4 is 14.8 Å². The van der Waals surface area contributed by atoms with Crippen LogP contribution in [0.1, 0.15) is 50.7 Å². The largest absolute Gasteiger partial charge is 0.494 e. The van der Waals surface area contributed by atoms with Gasteiger partial charge in [-0.25, -0.2) is 0 Å². The van der Waals surface area contributed by atoms with Crippen LogP contribution in [-0.2, 0) is 4.79 Å². The Bertz CT molecular complexity index is 725. The van der Waals surface area contributed by atoms with Crippen molar-refractivity contribution >= 4 is 11.6 Å². The number of ether oxygens (including phenoxy) is 2. The number of amides is 1. The van der Waals surface area contributed by atoms with E-state index in [-0.39, 0.29) is 5.91 Å². The summed E-state index contributed by atoms with van der Waals surface area (Å²) in [5.41, 5.74) is 2.85. The number of hydrogen-bond acceptors (Lipinski definition) is 3. The summed E-state index contributed by atoms with van der Waals surface area (Å²) in [4.78, 5) is 12.4. The van der Waals surface area contributed by atoms with Crippen LogP contribution in [0.2, 0.25) is 0 Å². The first-order valence-corrected chi connectivity index (χ1v) is 9.77. The zero-order chi connectivity index (χ0) is 19.6. The molecule has 0 fully saturated rings. The fourth-order valence-corrected chi connectivity index (χ4v) is 2.68. The predicted molar refractivity (Wildman–Crippen MR) is 111 cm³/mol. The highest BCUT2D eigenvalue weighted by Gasteiger charge is 2.16. The Morgan fingerprint density at radius 2 is 1.78 bits per heavy atom. The van der Waals surface area contributed by atoms with Gasteiger partial charge in [0.25, 0.3) is 5.91 Å². The number of carbonyl (C=O) groups is 1. The van der Waals surface area contributed by atoms with Gasteiger partial charge in [0.05, 0.1) is 6.61 Å². The Morgan fingerprint density at radius 1 is 1.04 bits per heavy atom. The van der Waals surface area contributed by atoms with Crippen LogP contribution in [-0.4, -0.2) is 18.6 Å². The van der Waals surface area contributed by atoms with Gasteiger partial charge in [-0.1, -0.05) is 38.3 Å². The molecule has 2 rings (SSSR count). The molecule has 146 valence electrons. The Balaban J connectivity index is 1.83. The van der Waals surface area contributed by atoms with Crippen LogP contribution in [0.15, 0.2) is 42.5 Å². The molecule has 2 aromatic carbocycles. The molecule has 2 aromatic rings. The number of carbonyl (C=O) groups excluding carboxylic acids is 1. The molecule has 1 N–H and O–H groups in total. The minimum atomic E-state index is -0.583. The second kappa shape index (κ2) is 10.6. The zero-order valence-corrected chi connectivity index (χ0v) is 16.9. The summed E-state index contributed by atoms with van der Waals surface area (Å²) in [6.07, 6.45) is 4.15. The van der Waals surface area contributed by atoms with Gasteiger partial charge in [0.2, 0.25) is 0 Å². The van der Waals surface area contributed by atoms with E-state index in [1.807, 2.05) is 56.3 Å². The van der Waals surface area contributed by atoms with Crippen molar-refractivity contribution in [1.29, 1.82) is 0 Å². The lowest BCUT2D eigenvalue weighted by Gasteiger charge is -2.17. The summed E-state index contributed by atoms with van der Waals surface area (Å²) in [5.74, 6) is 1.39. The van der Waals surface area contributed by atoms with E-state index in [2.05, 4.69) is 12.2 Å². The molecule has 0 saturated carbocycles. The molecule has 1 atom stereocenters. The second-order valence-electron chi connectivity index (χ2n) is 6.95. The van der Waals surface area contributed by atoms with E-state index in [0.717, 1.165) is 41.3 Å². The van der Waals surface area contributed by atoms with Gasteiger partial charge >= 0.3 is 0 Å². The van der Waals surface area contributed by atoms with Crippen LogP contribution in [0.5, 0.6) is 11.5 Å². The molecular formula is C23H31NO3. The van der Waals surface area contributed by atoms with Crippen LogP contribution in [0, 0.1) is 13.8 Å². The lowest BCUT2D eigenvalue weighted by atomic mass is 10.1. The standard InChI is InChI=1S/C23H31NO3/c1-5-6-7-8-15-26-21-13-11-20(12-14-21)24-23(25)19(4)27-22-16-17(2)9-10-18(22)3/h9-14,16,19H,5-8,15H2,1-4H3,(H,24,25)/t19-/m0/s1. The minimum absolute atomic E-state index is 0.177. The topological polar surface area (TPSA) is 47.6 Å². The predicted octanol–water partition coefficient (Wildman–Crippen LogP) is 5.67. The monoisotopic (exact) mass is 369 g/mol. The quantitative estimate of drug-likeness (QED) is 0.549. The van der Waals surface area contributed by atoms with E-state index in [9.17, 15) is 4.79 Å². The van der Waals surface area contributed by atoms with Gasteiger partial charge in [0, 0.05) is 5.69 Å². The fourth-order valence-electron chi connectivity index (χ4n) is 2.68.